The van der Waals surface area contributed by atoms with Crippen molar-refractivity contribution in [3.05, 3.63) is 53.6 Å². The summed E-state index contributed by atoms with van der Waals surface area (Å²) in [5.74, 6) is 2.38. The summed E-state index contributed by atoms with van der Waals surface area (Å²) >= 11 is 0. The second-order valence-corrected chi connectivity index (χ2v) is 7.34. The van der Waals surface area contributed by atoms with Crippen LogP contribution in [0, 0.1) is 0 Å². The normalized spacial score (nSPS) is 13.8. The highest BCUT2D eigenvalue weighted by Crippen LogP contribution is 2.32. The van der Waals surface area contributed by atoms with Crippen LogP contribution in [-0.2, 0) is 12.8 Å². The van der Waals surface area contributed by atoms with Gasteiger partial charge in [0.15, 0.2) is 11.5 Å². The second-order valence-electron chi connectivity index (χ2n) is 7.34. The van der Waals surface area contributed by atoms with E-state index in [4.69, 9.17) is 14.2 Å². The quantitative estimate of drug-likeness (QED) is 0.720. The molecule has 0 amide bonds. The molecule has 1 unspecified atom stereocenters. The molecule has 2 aromatic rings. The summed E-state index contributed by atoms with van der Waals surface area (Å²) in [5.41, 5.74) is 2.15. The van der Waals surface area contributed by atoms with Crippen molar-refractivity contribution in [3.8, 4) is 17.2 Å². The van der Waals surface area contributed by atoms with Crippen molar-refractivity contribution in [2.24, 2.45) is 0 Å². The summed E-state index contributed by atoms with van der Waals surface area (Å²) < 4.78 is 15.9. The minimum Gasteiger partial charge on any atom is -0.497 e. The van der Waals surface area contributed by atoms with Gasteiger partial charge in [-0.3, -0.25) is 0 Å². The third kappa shape index (κ3) is 6.03. The summed E-state index contributed by atoms with van der Waals surface area (Å²) in [6.07, 6.45) is 0.973. The molecule has 1 atom stereocenters. The van der Waals surface area contributed by atoms with Crippen molar-refractivity contribution in [2.45, 2.75) is 38.3 Å². The van der Waals surface area contributed by atoms with E-state index in [1.807, 2.05) is 30.3 Å². The maximum absolute atomic E-state index is 10.4. The molecule has 0 bridgehead atoms. The lowest BCUT2D eigenvalue weighted by Gasteiger charge is -2.28. The number of rotatable bonds is 8. The van der Waals surface area contributed by atoms with Crippen LogP contribution >= 0.6 is 12.4 Å². The highest BCUT2D eigenvalue weighted by atomic mass is 35.5. The Labute approximate surface area is 167 Å². The minimum atomic E-state index is -0.467. The summed E-state index contributed by atoms with van der Waals surface area (Å²) in [7, 11) is 1.67. The van der Waals surface area contributed by atoms with Crippen LogP contribution in [0.3, 0.4) is 0 Å². The number of hydrogen-bond donors (Lipinski definition) is 2. The van der Waals surface area contributed by atoms with Gasteiger partial charge in [-0.2, -0.15) is 0 Å². The number of nitrogens with one attached hydrogen (secondary N) is 1. The number of β-amino-alcohol motifs (C(OH)–C–C–N with tert-alkyl or cyclic N) is 1. The molecule has 3 rings (SSSR count). The van der Waals surface area contributed by atoms with E-state index in [-0.39, 0.29) is 24.7 Å². The molecule has 0 saturated carbocycles. The summed E-state index contributed by atoms with van der Waals surface area (Å²) in [6.45, 7) is 5.08. The van der Waals surface area contributed by atoms with Crippen molar-refractivity contribution < 1.29 is 19.3 Å². The first-order chi connectivity index (χ1) is 12.4. The van der Waals surface area contributed by atoms with Crippen LogP contribution < -0.4 is 19.5 Å². The Balaban J connectivity index is 0.00000261. The zero-order valence-corrected chi connectivity index (χ0v) is 16.8. The first-order valence-corrected chi connectivity index (χ1v) is 8.90. The molecular weight excluding hydrogens is 366 g/mol. The SMILES string of the molecule is COc1ccc(CC(C)(C)NCC(O)Cc2ccc3c(c2)OCO3)cc1.Cl. The Morgan fingerprint density at radius 3 is 2.44 bits per heavy atom. The van der Waals surface area contributed by atoms with Gasteiger partial charge >= 0.3 is 0 Å². The lowest BCUT2D eigenvalue weighted by molar-refractivity contribution is 0.158. The molecule has 0 radical (unpaired) electrons. The van der Waals surface area contributed by atoms with Crippen LogP contribution in [0.4, 0.5) is 0 Å². The molecule has 6 heteroatoms. The van der Waals surface area contributed by atoms with Crippen LogP contribution in [-0.4, -0.2) is 37.2 Å². The maximum atomic E-state index is 10.4. The third-order valence-electron chi connectivity index (χ3n) is 4.53. The Morgan fingerprint density at radius 1 is 1.07 bits per heavy atom. The molecule has 0 fully saturated rings. The first kappa shape index (κ1) is 21.4. The van der Waals surface area contributed by atoms with Gasteiger partial charge in [0.2, 0.25) is 6.79 Å². The van der Waals surface area contributed by atoms with Crippen molar-refractivity contribution in [2.75, 3.05) is 20.4 Å². The molecule has 2 aromatic carbocycles. The largest absolute Gasteiger partial charge is 0.497 e. The molecule has 0 aliphatic carbocycles. The summed E-state index contributed by atoms with van der Waals surface area (Å²) in [5, 5.41) is 13.9. The van der Waals surface area contributed by atoms with E-state index in [1.165, 1.54) is 5.56 Å². The molecular formula is C21H28ClNO4. The molecule has 1 aliphatic rings. The molecule has 27 heavy (non-hydrogen) atoms. The lowest BCUT2D eigenvalue weighted by atomic mass is 9.94. The summed E-state index contributed by atoms with van der Waals surface area (Å²) in [4.78, 5) is 0. The molecule has 1 aliphatic heterocycles. The average Bonchev–Trinajstić information content (AvgIpc) is 3.08. The Morgan fingerprint density at radius 2 is 1.74 bits per heavy atom. The fourth-order valence-corrected chi connectivity index (χ4v) is 3.12. The van der Waals surface area contributed by atoms with E-state index in [1.54, 1.807) is 7.11 Å². The van der Waals surface area contributed by atoms with E-state index in [9.17, 15) is 5.11 Å². The predicted molar refractivity (Wildman–Crippen MR) is 108 cm³/mol. The minimum absolute atomic E-state index is 0. The number of ether oxygens (including phenoxy) is 3. The highest BCUT2D eigenvalue weighted by molar-refractivity contribution is 5.85. The standard InChI is InChI=1S/C21H27NO4.ClH/c1-21(2,12-15-4-7-18(24-3)8-5-15)22-13-17(23)10-16-6-9-19-20(11-16)26-14-25-19;/h4-9,11,17,22-23H,10,12-14H2,1-3H3;1H. The molecule has 2 N–H and O–H groups in total. The van der Waals surface area contributed by atoms with Gasteiger partial charge in [-0.1, -0.05) is 18.2 Å². The Bertz CT molecular complexity index is 733. The van der Waals surface area contributed by atoms with Gasteiger partial charge in [0.25, 0.3) is 0 Å². The molecule has 0 aromatic heterocycles. The highest BCUT2D eigenvalue weighted by Gasteiger charge is 2.20. The zero-order valence-electron chi connectivity index (χ0n) is 16.0. The van der Waals surface area contributed by atoms with E-state index in [0.29, 0.717) is 13.0 Å². The fraction of sp³-hybridized carbons (Fsp3) is 0.429. The molecule has 0 spiro atoms. The van der Waals surface area contributed by atoms with Gasteiger partial charge in [0.05, 0.1) is 13.2 Å². The monoisotopic (exact) mass is 393 g/mol. The number of hydrogen-bond acceptors (Lipinski definition) is 5. The molecule has 148 valence electrons. The van der Waals surface area contributed by atoms with Crippen LogP contribution in [0.5, 0.6) is 17.2 Å². The lowest BCUT2D eigenvalue weighted by Crippen LogP contribution is -2.45. The van der Waals surface area contributed by atoms with Crippen LogP contribution in [0.2, 0.25) is 0 Å². The van der Waals surface area contributed by atoms with Crippen molar-refractivity contribution in [1.29, 1.82) is 0 Å². The maximum Gasteiger partial charge on any atom is 0.231 e. The van der Waals surface area contributed by atoms with Crippen LogP contribution in [0.1, 0.15) is 25.0 Å². The number of halogens is 1. The fourth-order valence-electron chi connectivity index (χ4n) is 3.12. The average molecular weight is 394 g/mol. The Kier molecular flexibility index (Phi) is 7.36. The smallest absolute Gasteiger partial charge is 0.231 e. The topological polar surface area (TPSA) is 60.0 Å². The number of methoxy groups -OCH3 is 1. The van der Waals surface area contributed by atoms with Crippen molar-refractivity contribution in [1.82, 2.24) is 5.32 Å². The van der Waals surface area contributed by atoms with E-state index < -0.39 is 6.10 Å². The van der Waals surface area contributed by atoms with E-state index in [2.05, 4.69) is 31.3 Å². The predicted octanol–water partition coefficient (Wildman–Crippen LogP) is 3.36. The number of fused-ring (bicyclic) bond motifs is 1. The van der Waals surface area contributed by atoms with Gasteiger partial charge in [0, 0.05) is 12.1 Å². The third-order valence-corrected chi connectivity index (χ3v) is 4.53. The van der Waals surface area contributed by atoms with Crippen LogP contribution in [0.15, 0.2) is 42.5 Å². The van der Waals surface area contributed by atoms with Crippen molar-refractivity contribution in [3.63, 3.8) is 0 Å². The van der Waals surface area contributed by atoms with E-state index >= 15 is 0 Å². The molecule has 1 heterocycles. The number of benzene rings is 2. The Hall–Kier alpha value is -1.95. The molecule has 5 nitrogen and oxygen atoms in total. The zero-order chi connectivity index (χ0) is 18.6. The van der Waals surface area contributed by atoms with Crippen LogP contribution in [0.25, 0.3) is 0 Å². The van der Waals surface area contributed by atoms with Crippen molar-refractivity contribution >= 4 is 12.4 Å². The number of aliphatic hydroxyl groups excluding tert-OH is 1. The van der Waals surface area contributed by atoms with E-state index in [0.717, 1.165) is 29.2 Å². The first-order valence-electron chi connectivity index (χ1n) is 8.90. The molecule has 0 saturated heterocycles. The second kappa shape index (κ2) is 9.31. The van der Waals surface area contributed by atoms with Gasteiger partial charge in [-0.05, 0) is 62.1 Å². The van der Waals surface area contributed by atoms with Gasteiger partial charge in [-0.15, -0.1) is 12.4 Å². The van der Waals surface area contributed by atoms with Gasteiger partial charge < -0.3 is 24.6 Å². The van der Waals surface area contributed by atoms with Gasteiger partial charge in [-0.25, -0.2) is 0 Å². The number of aliphatic hydroxyl groups is 1. The summed E-state index contributed by atoms with van der Waals surface area (Å²) in [6, 6.07) is 13.9. The van der Waals surface area contributed by atoms with Gasteiger partial charge in [0.1, 0.15) is 5.75 Å².